The molecule has 2 heterocycles. The minimum atomic E-state index is -0.0168. The summed E-state index contributed by atoms with van der Waals surface area (Å²) in [7, 11) is 1.88. The van der Waals surface area contributed by atoms with Gasteiger partial charge >= 0.3 is 0 Å². The van der Waals surface area contributed by atoms with Gasteiger partial charge in [0.25, 0.3) is 5.91 Å². The molecule has 24 heavy (non-hydrogen) atoms. The molecule has 5 nitrogen and oxygen atoms in total. The summed E-state index contributed by atoms with van der Waals surface area (Å²) in [4.78, 5) is 17.2. The maximum atomic E-state index is 12.9. The fraction of sp³-hybridized carbons (Fsp3) is 0.611. The summed E-state index contributed by atoms with van der Waals surface area (Å²) in [5.74, 6) is 1.07. The average molecular weight is 353 g/mol. The first-order valence-corrected chi connectivity index (χ1v) is 8.95. The van der Waals surface area contributed by atoms with Crippen LogP contribution in [0.1, 0.15) is 37.0 Å². The molecule has 0 spiro atoms. The molecule has 132 valence electrons. The van der Waals surface area contributed by atoms with Crippen LogP contribution < -0.4 is 9.47 Å². The molecule has 6 heteroatoms. The highest BCUT2D eigenvalue weighted by atomic mass is 35.5. The van der Waals surface area contributed by atoms with Crippen molar-refractivity contribution in [2.75, 3.05) is 33.4 Å². The molecule has 0 aliphatic carbocycles. The minimum Gasteiger partial charge on any atom is -0.486 e. The largest absolute Gasteiger partial charge is 0.486 e. The Morgan fingerprint density at radius 3 is 2.58 bits per heavy atom. The third kappa shape index (κ3) is 3.47. The van der Waals surface area contributed by atoms with Crippen LogP contribution in [-0.2, 0) is 0 Å². The summed E-state index contributed by atoms with van der Waals surface area (Å²) in [6.45, 7) is 7.45. The fourth-order valence-corrected chi connectivity index (χ4v) is 3.66. The van der Waals surface area contributed by atoms with Crippen LogP contribution in [0.2, 0.25) is 5.02 Å². The summed E-state index contributed by atoms with van der Waals surface area (Å²) in [5, 5.41) is 0.429. The lowest BCUT2D eigenvalue weighted by Gasteiger charge is -2.38. The van der Waals surface area contributed by atoms with Crippen molar-refractivity contribution in [1.82, 2.24) is 9.80 Å². The van der Waals surface area contributed by atoms with Crippen LogP contribution in [0, 0.1) is 0 Å². The lowest BCUT2D eigenvalue weighted by molar-refractivity contribution is 0.0614. The van der Waals surface area contributed by atoms with Crippen molar-refractivity contribution in [3.63, 3.8) is 0 Å². The molecule has 0 bridgehead atoms. The highest BCUT2D eigenvalue weighted by Gasteiger charge is 2.28. The number of hydrogen-bond donors (Lipinski definition) is 0. The molecule has 0 radical (unpaired) electrons. The Morgan fingerprint density at radius 1 is 1.25 bits per heavy atom. The molecule has 0 aromatic heterocycles. The first kappa shape index (κ1) is 17.4. The highest BCUT2D eigenvalue weighted by Crippen LogP contribution is 2.38. The molecule has 0 saturated carbocycles. The number of hydrogen-bond acceptors (Lipinski definition) is 4. The summed E-state index contributed by atoms with van der Waals surface area (Å²) >= 11 is 6.25. The van der Waals surface area contributed by atoms with Crippen LogP contribution in [-0.4, -0.2) is 61.1 Å². The Hall–Kier alpha value is -1.46. The van der Waals surface area contributed by atoms with E-state index in [1.165, 1.54) is 0 Å². The van der Waals surface area contributed by atoms with Gasteiger partial charge in [-0.25, -0.2) is 0 Å². The van der Waals surface area contributed by atoms with E-state index in [0.717, 1.165) is 25.9 Å². The van der Waals surface area contributed by atoms with Crippen LogP contribution >= 0.6 is 11.6 Å². The van der Waals surface area contributed by atoms with Crippen molar-refractivity contribution in [1.29, 1.82) is 0 Å². The van der Waals surface area contributed by atoms with E-state index in [1.807, 2.05) is 11.9 Å². The molecule has 1 aromatic rings. The van der Waals surface area contributed by atoms with Crippen molar-refractivity contribution in [2.24, 2.45) is 0 Å². The monoisotopic (exact) mass is 352 g/mol. The maximum Gasteiger partial charge on any atom is 0.254 e. The van der Waals surface area contributed by atoms with Gasteiger partial charge < -0.3 is 19.3 Å². The highest BCUT2D eigenvalue weighted by molar-refractivity contribution is 6.32. The van der Waals surface area contributed by atoms with Gasteiger partial charge in [-0.15, -0.1) is 0 Å². The Bertz CT molecular complexity index is 613. The number of ether oxygens (including phenoxy) is 2. The fourth-order valence-electron chi connectivity index (χ4n) is 3.39. The van der Waals surface area contributed by atoms with Gasteiger partial charge in [0.05, 0.1) is 5.02 Å². The van der Waals surface area contributed by atoms with Crippen molar-refractivity contribution in [3.05, 3.63) is 22.7 Å². The predicted octanol–water partition coefficient (Wildman–Crippen LogP) is 3.06. The van der Waals surface area contributed by atoms with Crippen molar-refractivity contribution >= 4 is 17.5 Å². The number of carbonyl (C=O) groups is 1. The topological polar surface area (TPSA) is 42.0 Å². The molecule has 0 atom stereocenters. The zero-order valence-corrected chi connectivity index (χ0v) is 15.3. The van der Waals surface area contributed by atoms with Crippen LogP contribution in [0.25, 0.3) is 0 Å². The Labute approximate surface area is 148 Å². The van der Waals surface area contributed by atoms with E-state index in [9.17, 15) is 4.79 Å². The number of piperidine rings is 1. The number of halogens is 1. The standard InChI is InChI=1S/C18H25ClN2O3/c1-12(2)21-6-4-14(5-7-21)20(3)18(22)13-10-15(19)17-16(11-13)23-8-9-24-17/h10-12,14H,4-9H2,1-3H3. The molecular weight excluding hydrogens is 328 g/mol. The second-order valence-corrected chi connectivity index (χ2v) is 7.17. The Balaban J connectivity index is 1.71. The summed E-state index contributed by atoms with van der Waals surface area (Å²) in [5.41, 5.74) is 0.554. The van der Waals surface area contributed by atoms with Crippen LogP contribution in [0.4, 0.5) is 0 Å². The third-order valence-corrected chi connectivity index (χ3v) is 5.22. The van der Waals surface area contributed by atoms with E-state index in [2.05, 4.69) is 18.7 Å². The van der Waals surface area contributed by atoms with Gasteiger partial charge in [-0.05, 0) is 38.8 Å². The SMILES string of the molecule is CC(C)N1CCC(N(C)C(=O)c2cc(Cl)c3c(c2)OCCO3)CC1. The molecule has 1 amide bonds. The smallest absolute Gasteiger partial charge is 0.254 e. The van der Waals surface area contributed by atoms with Crippen molar-refractivity contribution in [3.8, 4) is 11.5 Å². The summed E-state index contributed by atoms with van der Waals surface area (Å²) < 4.78 is 11.1. The van der Waals surface area contributed by atoms with E-state index in [4.69, 9.17) is 21.1 Å². The average Bonchev–Trinajstić information content (AvgIpc) is 2.60. The number of likely N-dealkylation sites (tertiary alicyclic amines) is 1. The second kappa shape index (κ2) is 7.19. The molecule has 1 saturated heterocycles. The second-order valence-electron chi connectivity index (χ2n) is 6.76. The van der Waals surface area contributed by atoms with Gasteiger partial charge in [-0.3, -0.25) is 4.79 Å². The molecule has 0 unspecified atom stereocenters. The number of carbonyl (C=O) groups excluding carboxylic acids is 1. The van der Waals surface area contributed by atoms with Crippen molar-refractivity contribution < 1.29 is 14.3 Å². The molecule has 2 aliphatic heterocycles. The normalized spacial score (nSPS) is 18.7. The number of amides is 1. The Morgan fingerprint density at radius 2 is 1.92 bits per heavy atom. The zero-order chi connectivity index (χ0) is 17.3. The van der Waals surface area contributed by atoms with Crippen molar-refractivity contribution in [2.45, 2.75) is 38.8 Å². The predicted molar refractivity (Wildman–Crippen MR) is 94.3 cm³/mol. The van der Waals surface area contributed by atoms with Gasteiger partial charge in [0.15, 0.2) is 11.5 Å². The summed E-state index contributed by atoms with van der Waals surface area (Å²) in [6.07, 6.45) is 2.00. The molecule has 1 aromatic carbocycles. The first-order valence-electron chi connectivity index (χ1n) is 8.57. The molecule has 1 fully saturated rings. The van der Waals surface area contributed by atoms with Gasteiger partial charge in [0.1, 0.15) is 13.2 Å². The maximum absolute atomic E-state index is 12.9. The van der Waals surface area contributed by atoms with Crippen LogP contribution in [0.5, 0.6) is 11.5 Å². The molecule has 0 N–H and O–H groups in total. The van der Waals surface area contributed by atoms with Crippen LogP contribution in [0.15, 0.2) is 12.1 Å². The van der Waals surface area contributed by atoms with E-state index in [-0.39, 0.29) is 11.9 Å². The Kier molecular flexibility index (Phi) is 5.21. The van der Waals surface area contributed by atoms with Crippen LogP contribution in [0.3, 0.4) is 0 Å². The zero-order valence-electron chi connectivity index (χ0n) is 14.5. The van der Waals surface area contributed by atoms with Gasteiger partial charge in [-0.1, -0.05) is 11.6 Å². The number of rotatable bonds is 3. The van der Waals surface area contributed by atoms with Gasteiger partial charge in [0.2, 0.25) is 0 Å². The summed E-state index contributed by atoms with van der Waals surface area (Å²) in [6, 6.07) is 4.24. The number of nitrogens with zero attached hydrogens (tertiary/aromatic N) is 2. The van der Waals surface area contributed by atoms with E-state index in [0.29, 0.717) is 41.3 Å². The molecule has 3 rings (SSSR count). The molecular formula is C18H25ClN2O3. The lowest BCUT2D eigenvalue weighted by atomic mass is 10.0. The lowest BCUT2D eigenvalue weighted by Crippen LogP contribution is -2.47. The first-order chi connectivity index (χ1) is 11.5. The number of fused-ring (bicyclic) bond motifs is 1. The van der Waals surface area contributed by atoms with E-state index < -0.39 is 0 Å². The third-order valence-electron chi connectivity index (χ3n) is 4.94. The molecule has 2 aliphatic rings. The minimum absolute atomic E-state index is 0.0168. The van der Waals surface area contributed by atoms with Gasteiger partial charge in [-0.2, -0.15) is 0 Å². The van der Waals surface area contributed by atoms with E-state index in [1.54, 1.807) is 12.1 Å². The number of benzene rings is 1. The van der Waals surface area contributed by atoms with E-state index >= 15 is 0 Å². The quantitative estimate of drug-likeness (QED) is 0.838. The van der Waals surface area contributed by atoms with Gasteiger partial charge in [0, 0.05) is 37.8 Å².